The SMILES string of the molecule is C=C(COc1ccc(C)cc1C)C(=O)OCC. The molecule has 92 valence electrons. The summed E-state index contributed by atoms with van der Waals surface area (Å²) in [4.78, 5) is 11.3. The average molecular weight is 234 g/mol. The van der Waals surface area contributed by atoms with E-state index in [0.717, 1.165) is 11.3 Å². The highest BCUT2D eigenvalue weighted by molar-refractivity contribution is 5.88. The summed E-state index contributed by atoms with van der Waals surface area (Å²) in [5.74, 6) is 0.360. The van der Waals surface area contributed by atoms with Gasteiger partial charge in [-0.15, -0.1) is 0 Å². The molecule has 3 heteroatoms. The van der Waals surface area contributed by atoms with Gasteiger partial charge in [-0.05, 0) is 32.4 Å². The second kappa shape index (κ2) is 6.09. The van der Waals surface area contributed by atoms with E-state index in [1.54, 1.807) is 6.92 Å². The molecule has 0 aliphatic carbocycles. The fourth-order valence-corrected chi connectivity index (χ4v) is 1.42. The average Bonchev–Trinajstić information content (AvgIpc) is 2.27. The summed E-state index contributed by atoms with van der Waals surface area (Å²) in [6.45, 7) is 9.89. The smallest absolute Gasteiger partial charge is 0.336 e. The van der Waals surface area contributed by atoms with Gasteiger partial charge in [0.05, 0.1) is 12.2 Å². The third-order valence-corrected chi connectivity index (χ3v) is 2.30. The first-order chi connectivity index (χ1) is 8.04. The van der Waals surface area contributed by atoms with E-state index in [1.165, 1.54) is 5.56 Å². The van der Waals surface area contributed by atoms with Gasteiger partial charge >= 0.3 is 5.97 Å². The zero-order chi connectivity index (χ0) is 12.8. The molecule has 0 N–H and O–H groups in total. The standard InChI is InChI=1S/C14H18O3/c1-5-16-14(15)12(4)9-17-13-7-6-10(2)8-11(13)3/h6-8H,4-5,9H2,1-3H3. The molecule has 0 saturated heterocycles. The quantitative estimate of drug-likeness (QED) is 0.580. The van der Waals surface area contributed by atoms with Gasteiger partial charge in [0.2, 0.25) is 0 Å². The van der Waals surface area contributed by atoms with Crippen LogP contribution in [0.25, 0.3) is 0 Å². The van der Waals surface area contributed by atoms with Crippen LogP contribution in [0.2, 0.25) is 0 Å². The summed E-state index contributed by atoms with van der Waals surface area (Å²) in [6, 6.07) is 5.89. The summed E-state index contributed by atoms with van der Waals surface area (Å²) in [5, 5.41) is 0. The van der Waals surface area contributed by atoms with Crippen LogP contribution >= 0.6 is 0 Å². The predicted octanol–water partition coefficient (Wildman–Crippen LogP) is 2.80. The van der Waals surface area contributed by atoms with Gasteiger partial charge < -0.3 is 9.47 Å². The van der Waals surface area contributed by atoms with Crippen molar-refractivity contribution in [3.63, 3.8) is 0 Å². The van der Waals surface area contributed by atoms with Gasteiger partial charge in [0.1, 0.15) is 12.4 Å². The van der Waals surface area contributed by atoms with Crippen LogP contribution in [0.4, 0.5) is 0 Å². The van der Waals surface area contributed by atoms with Crippen LogP contribution in [0.3, 0.4) is 0 Å². The molecule has 0 radical (unpaired) electrons. The minimum absolute atomic E-state index is 0.155. The number of ether oxygens (including phenoxy) is 2. The van der Waals surface area contributed by atoms with Crippen molar-refractivity contribution in [2.75, 3.05) is 13.2 Å². The lowest BCUT2D eigenvalue weighted by molar-refractivity contribution is -0.138. The van der Waals surface area contributed by atoms with Crippen LogP contribution in [0.15, 0.2) is 30.4 Å². The monoisotopic (exact) mass is 234 g/mol. The number of benzene rings is 1. The second-order valence-corrected chi connectivity index (χ2v) is 3.88. The Bertz CT molecular complexity index is 421. The van der Waals surface area contributed by atoms with Gasteiger partial charge in [-0.2, -0.15) is 0 Å². The molecule has 17 heavy (non-hydrogen) atoms. The molecule has 0 heterocycles. The Hall–Kier alpha value is -1.77. The maximum atomic E-state index is 11.3. The van der Waals surface area contributed by atoms with Crippen molar-refractivity contribution in [3.05, 3.63) is 41.5 Å². The number of carbonyl (C=O) groups excluding carboxylic acids is 1. The summed E-state index contributed by atoms with van der Waals surface area (Å²) < 4.78 is 10.3. The summed E-state index contributed by atoms with van der Waals surface area (Å²) in [6.07, 6.45) is 0. The minimum atomic E-state index is -0.405. The topological polar surface area (TPSA) is 35.5 Å². The van der Waals surface area contributed by atoms with E-state index in [9.17, 15) is 4.79 Å². The van der Waals surface area contributed by atoms with Crippen LogP contribution in [0, 0.1) is 13.8 Å². The molecular weight excluding hydrogens is 216 g/mol. The van der Waals surface area contributed by atoms with Gasteiger partial charge in [0.15, 0.2) is 0 Å². The van der Waals surface area contributed by atoms with Crippen molar-refractivity contribution in [2.45, 2.75) is 20.8 Å². The molecule has 0 aromatic heterocycles. The Labute approximate surface area is 102 Å². The highest BCUT2D eigenvalue weighted by Gasteiger charge is 2.09. The molecule has 0 fully saturated rings. The van der Waals surface area contributed by atoms with Gasteiger partial charge in [-0.1, -0.05) is 24.3 Å². The van der Waals surface area contributed by atoms with Gasteiger partial charge in [0, 0.05) is 0 Å². The van der Waals surface area contributed by atoms with Crippen molar-refractivity contribution in [3.8, 4) is 5.75 Å². The van der Waals surface area contributed by atoms with Crippen molar-refractivity contribution in [2.24, 2.45) is 0 Å². The first kappa shape index (κ1) is 13.3. The third-order valence-electron chi connectivity index (χ3n) is 2.30. The molecule has 0 spiro atoms. The van der Waals surface area contributed by atoms with E-state index in [4.69, 9.17) is 9.47 Å². The molecule has 0 saturated carbocycles. The van der Waals surface area contributed by atoms with E-state index in [-0.39, 0.29) is 6.61 Å². The molecule has 0 amide bonds. The van der Waals surface area contributed by atoms with Crippen LogP contribution in [-0.4, -0.2) is 19.2 Å². The van der Waals surface area contributed by atoms with Crippen molar-refractivity contribution in [1.82, 2.24) is 0 Å². The first-order valence-corrected chi connectivity index (χ1v) is 5.59. The molecule has 0 aliphatic heterocycles. The normalized spacial score (nSPS) is 9.82. The van der Waals surface area contributed by atoms with E-state index in [2.05, 4.69) is 6.58 Å². The maximum Gasteiger partial charge on any atom is 0.336 e. The first-order valence-electron chi connectivity index (χ1n) is 5.59. The number of hydrogen-bond acceptors (Lipinski definition) is 3. The van der Waals surface area contributed by atoms with E-state index < -0.39 is 5.97 Å². The summed E-state index contributed by atoms with van der Waals surface area (Å²) in [5.41, 5.74) is 2.55. The highest BCUT2D eigenvalue weighted by atomic mass is 16.5. The molecule has 3 nitrogen and oxygen atoms in total. The highest BCUT2D eigenvalue weighted by Crippen LogP contribution is 2.19. The number of rotatable bonds is 5. The molecular formula is C14H18O3. The van der Waals surface area contributed by atoms with Crippen molar-refractivity contribution < 1.29 is 14.3 Å². The molecule has 0 bridgehead atoms. The minimum Gasteiger partial charge on any atom is -0.488 e. The van der Waals surface area contributed by atoms with Crippen LogP contribution in [0.5, 0.6) is 5.75 Å². The van der Waals surface area contributed by atoms with Gasteiger partial charge in [-0.25, -0.2) is 4.79 Å². The number of esters is 1. The molecule has 0 unspecified atom stereocenters. The number of carbonyl (C=O) groups is 1. The lowest BCUT2D eigenvalue weighted by Gasteiger charge is -2.10. The predicted molar refractivity (Wildman–Crippen MR) is 67.2 cm³/mol. The molecule has 0 aliphatic rings. The largest absolute Gasteiger partial charge is 0.488 e. The fraction of sp³-hybridized carbons (Fsp3) is 0.357. The lowest BCUT2D eigenvalue weighted by Crippen LogP contribution is -2.13. The molecule has 1 rings (SSSR count). The van der Waals surface area contributed by atoms with Crippen molar-refractivity contribution >= 4 is 5.97 Å². The zero-order valence-corrected chi connectivity index (χ0v) is 10.6. The van der Waals surface area contributed by atoms with Crippen molar-refractivity contribution in [1.29, 1.82) is 0 Å². The Balaban J connectivity index is 2.56. The van der Waals surface area contributed by atoms with E-state index in [1.807, 2.05) is 32.0 Å². The number of aryl methyl sites for hydroxylation is 2. The molecule has 1 aromatic carbocycles. The van der Waals surface area contributed by atoms with Gasteiger partial charge in [0.25, 0.3) is 0 Å². The van der Waals surface area contributed by atoms with Crippen LogP contribution in [-0.2, 0) is 9.53 Å². The fourth-order valence-electron chi connectivity index (χ4n) is 1.42. The molecule has 0 atom stereocenters. The Morgan fingerprint density at radius 3 is 2.65 bits per heavy atom. The second-order valence-electron chi connectivity index (χ2n) is 3.88. The maximum absolute atomic E-state index is 11.3. The number of hydrogen-bond donors (Lipinski definition) is 0. The summed E-state index contributed by atoms with van der Waals surface area (Å²) >= 11 is 0. The molecule has 1 aromatic rings. The zero-order valence-electron chi connectivity index (χ0n) is 10.6. The Morgan fingerprint density at radius 1 is 1.35 bits per heavy atom. The van der Waals surface area contributed by atoms with Crippen LogP contribution < -0.4 is 4.74 Å². The Kier molecular flexibility index (Phi) is 4.76. The Morgan fingerprint density at radius 2 is 2.06 bits per heavy atom. The van der Waals surface area contributed by atoms with E-state index in [0.29, 0.717) is 12.2 Å². The van der Waals surface area contributed by atoms with Crippen LogP contribution in [0.1, 0.15) is 18.1 Å². The van der Waals surface area contributed by atoms with Gasteiger partial charge in [-0.3, -0.25) is 0 Å². The van der Waals surface area contributed by atoms with E-state index >= 15 is 0 Å². The third kappa shape index (κ3) is 3.94. The lowest BCUT2D eigenvalue weighted by atomic mass is 10.1. The summed E-state index contributed by atoms with van der Waals surface area (Å²) in [7, 11) is 0.